The Labute approximate surface area is 123 Å². The molecule has 0 saturated heterocycles. The lowest BCUT2D eigenvalue weighted by molar-refractivity contribution is -0.147. The first-order valence-electron chi connectivity index (χ1n) is 6.77. The van der Waals surface area contributed by atoms with Gasteiger partial charge in [-0.15, -0.1) is 0 Å². The van der Waals surface area contributed by atoms with E-state index in [2.05, 4.69) is 10.6 Å². The van der Waals surface area contributed by atoms with E-state index in [1.165, 1.54) is 12.3 Å². The quantitative estimate of drug-likeness (QED) is 0.693. The predicted molar refractivity (Wildman–Crippen MR) is 74.5 cm³/mol. The van der Waals surface area contributed by atoms with Crippen LogP contribution in [0.25, 0.3) is 0 Å². The molecule has 0 bridgehead atoms. The van der Waals surface area contributed by atoms with Gasteiger partial charge in [0.05, 0.1) is 18.8 Å². The maximum absolute atomic E-state index is 11.5. The van der Waals surface area contributed by atoms with Gasteiger partial charge in [0.2, 0.25) is 5.91 Å². The fourth-order valence-corrected chi connectivity index (χ4v) is 1.50. The van der Waals surface area contributed by atoms with E-state index >= 15 is 0 Å². The second kappa shape index (κ2) is 8.78. The van der Waals surface area contributed by atoms with Crippen LogP contribution in [0.15, 0.2) is 22.8 Å². The van der Waals surface area contributed by atoms with Gasteiger partial charge in [0.1, 0.15) is 0 Å². The molecule has 0 aliphatic rings. The minimum absolute atomic E-state index is 0.128. The van der Waals surface area contributed by atoms with E-state index in [1.807, 2.05) is 0 Å². The van der Waals surface area contributed by atoms with Gasteiger partial charge in [-0.3, -0.25) is 14.4 Å². The zero-order valence-corrected chi connectivity index (χ0v) is 12.2. The van der Waals surface area contributed by atoms with Crippen LogP contribution in [0.5, 0.6) is 0 Å². The molecule has 1 aromatic heterocycles. The number of carbonyl (C=O) groups excluding carboxylic acids is 3. The van der Waals surface area contributed by atoms with Crippen LogP contribution >= 0.6 is 0 Å². The van der Waals surface area contributed by atoms with Gasteiger partial charge in [0, 0.05) is 19.5 Å². The molecule has 0 spiro atoms. The van der Waals surface area contributed by atoms with Crippen molar-refractivity contribution in [2.24, 2.45) is 0 Å². The van der Waals surface area contributed by atoms with E-state index in [9.17, 15) is 14.4 Å². The van der Waals surface area contributed by atoms with Gasteiger partial charge in [-0.2, -0.15) is 0 Å². The number of carbonyl (C=O) groups is 3. The molecular formula is C14H20N2O5. The molecule has 0 fully saturated rings. The van der Waals surface area contributed by atoms with Crippen molar-refractivity contribution < 1.29 is 23.5 Å². The van der Waals surface area contributed by atoms with Gasteiger partial charge in [0.15, 0.2) is 5.76 Å². The number of amides is 2. The minimum Gasteiger partial charge on any atom is -0.463 e. The molecular weight excluding hydrogens is 276 g/mol. The molecule has 21 heavy (non-hydrogen) atoms. The molecule has 7 nitrogen and oxygen atoms in total. The molecule has 116 valence electrons. The average Bonchev–Trinajstić information content (AvgIpc) is 2.91. The number of rotatable bonds is 8. The van der Waals surface area contributed by atoms with Gasteiger partial charge in [-0.25, -0.2) is 0 Å². The van der Waals surface area contributed by atoms with Crippen LogP contribution in [0, 0.1) is 0 Å². The molecule has 1 heterocycles. The molecule has 2 amide bonds. The van der Waals surface area contributed by atoms with Crippen molar-refractivity contribution in [3.8, 4) is 0 Å². The average molecular weight is 296 g/mol. The molecule has 0 saturated carbocycles. The Hall–Kier alpha value is -2.31. The molecule has 2 N–H and O–H groups in total. The van der Waals surface area contributed by atoms with E-state index in [1.54, 1.807) is 19.9 Å². The summed E-state index contributed by atoms with van der Waals surface area (Å²) in [6, 6.07) is 3.15. The highest BCUT2D eigenvalue weighted by Crippen LogP contribution is 1.98. The maximum Gasteiger partial charge on any atom is 0.307 e. The Morgan fingerprint density at radius 1 is 1.19 bits per heavy atom. The summed E-state index contributed by atoms with van der Waals surface area (Å²) in [6.07, 6.45) is 1.50. The molecule has 7 heteroatoms. The highest BCUT2D eigenvalue weighted by Gasteiger charge is 2.09. The summed E-state index contributed by atoms with van der Waals surface area (Å²) < 4.78 is 9.84. The topological polar surface area (TPSA) is 97.6 Å². The standard InChI is InChI=1S/C14H20N2O5/c1-10(2)21-13(18)6-8-15-12(17)5-7-16-14(19)11-4-3-9-20-11/h3-4,9-10H,5-8H2,1-2H3,(H,15,17)(H,16,19). The summed E-state index contributed by atoms with van der Waals surface area (Å²) >= 11 is 0. The Morgan fingerprint density at radius 2 is 1.90 bits per heavy atom. The second-order valence-corrected chi connectivity index (χ2v) is 4.62. The van der Waals surface area contributed by atoms with Crippen LogP contribution in [-0.4, -0.2) is 37.0 Å². The number of esters is 1. The molecule has 0 aliphatic heterocycles. The SMILES string of the molecule is CC(C)OC(=O)CCNC(=O)CCNC(=O)c1ccco1. The van der Waals surface area contributed by atoms with E-state index in [0.29, 0.717) is 0 Å². The summed E-state index contributed by atoms with van der Waals surface area (Å²) in [7, 11) is 0. The minimum atomic E-state index is -0.367. The molecule has 0 aromatic carbocycles. The first-order valence-corrected chi connectivity index (χ1v) is 6.77. The lowest BCUT2D eigenvalue weighted by atomic mass is 10.3. The van der Waals surface area contributed by atoms with Crippen LogP contribution in [0.4, 0.5) is 0 Å². The fourth-order valence-electron chi connectivity index (χ4n) is 1.50. The predicted octanol–water partition coefficient (Wildman–Crippen LogP) is 0.857. The Bertz CT molecular complexity index is 468. The monoisotopic (exact) mass is 296 g/mol. The van der Waals surface area contributed by atoms with Crippen molar-refractivity contribution in [1.82, 2.24) is 10.6 Å². The van der Waals surface area contributed by atoms with Crippen LogP contribution in [0.3, 0.4) is 0 Å². The Balaban J connectivity index is 2.09. The molecule has 0 radical (unpaired) electrons. The lowest BCUT2D eigenvalue weighted by Crippen LogP contribution is -2.32. The van der Waals surface area contributed by atoms with Crippen LogP contribution in [0.2, 0.25) is 0 Å². The van der Waals surface area contributed by atoms with Crippen molar-refractivity contribution in [1.29, 1.82) is 0 Å². The maximum atomic E-state index is 11.5. The molecule has 0 atom stereocenters. The zero-order valence-electron chi connectivity index (χ0n) is 12.2. The summed E-state index contributed by atoms with van der Waals surface area (Å²) in [5.74, 6) is -0.760. The number of hydrogen-bond donors (Lipinski definition) is 2. The van der Waals surface area contributed by atoms with Crippen molar-refractivity contribution in [3.05, 3.63) is 24.2 Å². The van der Waals surface area contributed by atoms with Crippen molar-refractivity contribution in [3.63, 3.8) is 0 Å². The van der Waals surface area contributed by atoms with E-state index in [4.69, 9.17) is 9.15 Å². The molecule has 1 rings (SSSR count). The van der Waals surface area contributed by atoms with Crippen molar-refractivity contribution in [2.45, 2.75) is 32.8 Å². The zero-order chi connectivity index (χ0) is 15.7. The normalized spacial score (nSPS) is 10.2. The van der Waals surface area contributed by atoms with Gasteiger partial charge in [-0.05, 0) is 26.0 Å². The van der Waals surface area contributed by atoms with E-state index in [-0.39, 0.29) is 55.6 Å². The second-order valence-electron chi connectivity index (χ2n) is 4.62. The molecule has 0 aliphatic carbocycles. The highest BCUT2D eigenvalue weighted by atomic mass is 16.5. The third kappa shape index (κ3) is 7.14. The number of furan rings is 1. The van der Waals surface area contributed by atoms with Crippen LogP contribution in [0.1, 0.15) is 37.2 Å². The lowest BCUT2D eigenvalue weighted by Gasteiger charge is -2.08. The largest absolute Gasteiger partial charge is 0.463 e. The third-order valence-corrected chi connectivity index (χ3v) is 2.40. The highest BCUT2D eigenvalue weighted by molar-refractivity contribution is 5.91. The van der Waals surface area contributed by atoms with Crippen LogP contribution in [-0.2, 0) is 14.3 Å². The molecule has 1 aromatic rings. The van der Waals surface area contributed by atoms with Gasteiger partial charge in [-0.1, -0.05) is 0 Å². The van der Waals surface area contributed by atoms with Crippen molar-refractivity contribution >= 4 is 17.8 Å². The summed E-state index contributed by atoms with van der Waals surface area (Å²) in [4.78, 5) is 34.2. The third-order valence-electron chi connectivity index (χ3n) is 2.40. The van der Waals surface area contributed by atoms with Gasteiger partial charge >= 0.3 is 5.97 Å². The fraction of sp³-hybridized carbons (Fsp3) is 0.500. The number of hydrogen-bond acceptors (Lipinski definition) is 5. The van der Waals surface area contributed by atoms with Crippen molar-refractivity contribution in [2.75, 3.05) is 13.1 Å². The first-order chi connectivity index (χ1) is 9.99. The number of nitrogens with one attached hydrogen (secondary N) is 2. The summed E-state index contributed by atoms with van der Waals surface area (Å²) in [5.41, 5.74) is 0. The van der Waals surface area contributed by atoms with E-state index in [0.717, 1.165) is 0 Å². The Morgan fingerprint density at radius 3 is 2.52 bits per heavy atom. The molecule has 0 unspecified atom stereocenters. The first kappa shape index (κ1) is 16.7. The summed E-state index contributed by atoms with van der Waals surface area (Å²) in [6.45, 7) is 3.94. The number of ether oxygens (including phenoxy) is 1. The van der Waals surface area contributed by atoms with E-state index < -0.39 is 0 Å². The Kier molecular flexibility index (Phi) is 7.00. The van der Waals surface area contributed by atoms with Gasteiger partial charge < -0.3 is 19.8 Å². The smallest absolute Gasteiger partial charge is 0.307 e. The van der Waals surface area contributed by atoms with Crippen LogP contribution < -0.4 is 10.6 Å². The van der Waals surface area contributed by atoms with Gasteiger partial charge in [0.25, 0.3) is 5.91 Å². The summed E-state index contributed by atoms with van der Waals surface area (Å²) in [5, 5.41) is 5.14.